The van der Waals surface area contributed by atoms with Crippen molar-refractivity contribution in [3.63, 3.8) is 0 Å². The third-order valence-electron chi connectivity index (χ3n) is 3.52. The minimum Gasteiger partial charge on any atom is -0.493 e. The van der Waals surface area contributed by atoms with Crippen LogP contribution in [-0.4, -0.2) is 6.61 Å². The molecule has 76 valence electrons. The maximum atomic E-state index is 8.82. The highest BCUT2D eigenvalue weighted by atomic mass is 16.5. The van der Waals surface area contributed by atoms with E-state index in [1.54, 1.807) is 0 Å². The fraction of sp³-hybridized carbons (Fsp3) is 0.462. The molecule has 1 unspecified atom stereocenters. The molecule has 1 heterocycles. The first-order chi connectivity index (χ1) is 7.40. The summed E-state index contributed by atoms with van der Waals surface area (Å²) in [7, 11) is 0. The lowest BCUT2D eigenvalue weighted by atomic mass is 9.92. The van der Waals surface area contributed by atoms with Crippen LogP contribution in [0.25, 0.3) is 0 Å². The first-order valence-corrected chi connectivity index (χ1v) is 5.54. The lowest BCUT2D eigenvalue weighted by Gasteiger charge is -2.11. The number of ether oxygens (including phenoxy) is 1. The number of benzene rings is 1. The highest BCUT2D eigenvalue weighted by Crippen LogP contribution is 2.42. The number of hydrogen-bond acceptors (Lipinski definition) is 2. The summed E-state index contributed by atoms with van der Waals surface area (Å²) < 4.78 is 5.57. The van der Waals surface area contributed by atoms with Crippen LogP contribution < -0.4 is 4.74 Å². The predicted molar refractivity (Wildman–Crippen MR) is 56.9 cm³/mol. The Kier molecular flexibility index (Phi) is 1.92. The molecule has 1 aromatic carbocycles. The zero-order valence-corrected chi connectivity index (χ0v) is 8.62. The highest BCUT2D eigenvalue weighted by Gasteiger charge is 2.28. The molecule has 0 aromatic heterocycles. The van der Waals surface area contributed by atoms with Gasteiger partial charge in [-0.05, 0) is 36.0 Å². The molecular weight excluding hydrogens is 186 g/mol. The Morgan fingerprint density at radius 2 is 2.33 bits per heavy atom. The zero-order valence-electron chi connectivity index (χ0n) is 8.62. The molecule has 0 N–H and O–H groups in total. The van der Waals surface area contributed by atoms with Gasteiger partial charge in [0.2, 0.25) is 0 Å². The van der Waals surface area contributed by atoms with E-state index in [-0.39, 0.29) is 0 Å². The van der Waals surface area contributed by atoms with Gasteiger partial charge in [-0.25, -0.2) is 0 Å². The van der Waals surface area contributed by atoms with E-state index >= 15 is 0 Å². The van der Waals surface area contributed by atoms with E-state index in [4.69, 9.17) is 10.00 Å². The van der Waals surface area contributed by atoms with Gasteiger partial charge in [-0.2, -0.15) is 5.26 Å². The maximum Gasteiger partial charge on any atom is 0.122 e. The Morgan fingerprint density at radius 1 is 1.40 bits per heavy atom. The fourth-order valence-corrected chi connectivity index (χ4v) is 2.86. The van der Waals surface area contributed by atoms with E-state index in [2.05, 4.69) is 18.2 Å². The fourth-order valence-electron chi connectivity index (χ4n) is 2.86. The summed E-state index contributed by atoms with van der Waals surface area (Å²) in [6.07, 6.45) is 3.96. The molecule has 1 aliphatic heterocycles. The van der Waals surface area contributed by atoms with Gasteiger partial charge in [-0.3, -0.25) is 0 Å². The summed E-state index contributed by atoms with van der Waals surface area (Å²) in [5.74, 6) is 1.51. The minimum atomic E-state index is 0.460. The molecule has 0 spiro atoms. The van der Waals surface area contributed by atoms with E-state index in [1.165, 1.54) is 16.7 Å². The second-order valence-electron chi connectivity index (χ2n) is 4.31. The van der Waals surface area contributed by atoms with Crippen LogP contribution in [0.2, 0.25) is 0 Å². The van der Waals surface area contributed by atoms with Crippen LogP contribution in [0.5, 0.6) is 5.75 Å². The lowest BCUT2D eigenvalue weighted by Crippen LogP contribution is -1.96. The van der Waals surface area contributed by atoms with Crippen LogP contribution in [0.4, 0.5) is 0 Å². The second-order valence-corrected chi connectivity index (χ2v) is 4.31. The van der Waals surface area contributed by atoms with Gasteiger partial charge in [-0.1, -0.05) is 6.07 Å². The van der Waals surface area contributed by atoms with E-state index in [1.807, 2.05) is 0 Å². The Hall–Kier alpha value is -1.49. The van der Waals surface area contributed by atoms with Gasteiger partial charge in [0, 0.05) is 18.4 Å². The molecule has 15 heavy (non-hydrogen) atoms. The molecule has 0 radical (unpaired) electrons. The summed E-state index contributed by atoms with van der Waals surface area (Å²) in [5.41, 5.74) is 4.26. The van der Waals surface area contributed by atoms with Gasteiger partial charge in [0.05, 0.1) is 12.7 Å². The number of nitriles is 1. The molecule has 0 saturated heterocycles. The Morgan fingerprint density at radius 3 is 3.20 bits per heavy atom. The lowest BCUT2D eigenvalue weighted by molar-refractivity contribution is 0.357. The average molecular weight is 199 g/mol. The molecule has 0 bridgehead atoms. The molecule has 0 amide bonds. The van der Waals surface area contributed by atoms with Crippen molar-refractivity contribution >= 4 is 0 Å². The van der Waals surface area contributed by atoms with E-state index in [9.17, 15) is 0 Å². The monoisotopic (exact) mass is 199 g/mol. The Bertz CT molecular complexity index is 445. The van der Waals surface area contributed by atoms with Gasteiger partial charge >= 0.3 is 0 Å². The van der Waals surface area contributed by atoms with Crippen molar-refractivity contribution in [3.05, 3.63) is 28.8 Å². The van der Waals surface area contributed by atoms with Crippen LogP contribution in [0.3, 0.4) is 0 Å². The normalized spacial score (nSPS) is 21.7. The SMILES string of the molecule is N#CCC1CCc2ccc3c(c21)CCO3. The third-order valence-corrected chi connectivity index (χ3v) is 3.52. The molecule has 0 fully saturated rings. The standard InChI is InChI=1S/C13H13NO/c14-7-5-10-2-1-9-3-4-12-11(13(9)10)6-8-15-12/h3-4,10H,1-2,5-6,8H2. The van der Waals surface area contributed by atoms with Gasteiger partial charge in [0.25, 0.3) is 0 Å². The predicted octanol–water partition coefficient (Wildman–Crippen LogP) is 2.56. The average Bonchev–Trinajstić information content (AvgIpc) is 2.83. The van der Waals surface area contributed by atoms with Gasteiger partial charge in [-0.15, -0.1) is 0 Å². The van der Waals surface area contributed by atoms with Crippen molar-refractivity contribution in [1.29, 1.82) is 5.26 Å². The van der Waals surface area contributed by atoms with Gasteiger partial charge in [0.15, 0.2) is 0 Å². The molecule has 1 aliphatic carbocycles. The second kappa shape index (κ2) is 3.27. The Balaban J connectivity index is 2.10. The highest BCUT2D eigenvalue weighted by molar-refractivity contribution is 5.51. The quantitative estimate of drug-likeness (QED) is 0.696. The summed E-state index contributed by atoms with van der Waals surface area (Å²) in [6, 6.07) is 6.57. The first kappa shape index (κ1) is 8.79. The maximum absolute atomic E-state index is 8.82. The van der Waals surface area contributed by atoms with E-state index in [0.29, 0.717) is 12.3 Å². The molecule has 1 aromatic rings. The van der Waals surface area contributed by atoms with Crippen molar-refractivity contribution in [2.45, 2.75) is 31.6 Å². The minimum absolute atomic E-state index is 0.460. The molecule has 2 nitrogen and oxygen atoms in total. The summed E-state index contributed by atoms with van der Waals surface area (Å²) in [6.45, 7) is 0.811. The topological polar surface area (TPSA) is 33.0 Å². The number of rotatable bonds is 1. The smallest absolute Gasteiger partial charge is 0.122 e. The van der Waals surface area contributed by atoms with Crippen LogP contribution in [0, 0.1) is 11.3 Å². The van der Waals surface area contributed by atoms with Crippen molar-refractivity contribution in [1.82, 2.24) is 0 Å². The zero-order chi connectivity index (χ0) is 10.3. The summed E-state index contributed by atoms with van der Waals surface area (Å²) in [5, 5.41) is 8.82. The molecular formula is C13H13NO. The number of aryl methyl sites for hydroxylation is 1. The van der Waals surface area contributed by atoms with Crippen LogP contribution in [-0.2, 0) is 12.8 Å². The van der Waals surface area contributed by atoms with Crippen LogP contribution in [0.1, 0.15) is 35.4 Å². The number of hydrogen-bond donors (Lipinski definition) is 0. The molecule has 1 atom stereocenters. The van der Waals surface area contributed by atoms with Crippen LogP contribution in [0.15, 0.2) is 12.1 Å². The summed E-state index contributed by atoms with van der Waals surface area (Å²) >= 11 is 0. The van der Waals surface area contributed by atoms with E-state index in [0.717, 1.165) is 31.6 Å². The largest absolute Gasteiger partial charge is 0.493 e. The molecule has 0 saturated carbocycles. The Labute approximate surface area is 89.5 Å². The van der Waals surface area contributed by atoms with Crippen molar-refractivity contribution in [2.75, 3.05) is 6.61 Å². The van der Waals surface area contributed by atoms with Crippen molar-refractivity contribution in [3.8, 4) is 11.8 Å². The molecule has 2 heteroatoms. The van der Waals surface area contributed by atoms with E-state index < -0.39 is 0 Å². The van der Waals surface area contributed by atoms with Crippen LogP contribution >= 0.6 is 0 Å². The first-order valence-electron chi connectivity index (χ1n) is 5.54. The van der Waals surface area contributed by atoms with Gasteiger partial charge in [0.1, 0.15) is 5.75 Å². The number of fused-ring (bicyclic) bond motifs is 3. The number of nitrogens with zero attached hydrogens (tertiary/aromatic N) is 1. The van der Waals surface area contributed by atoms with Crippen molar-refractivity contribution in [2.24, 2.45) is 0 Å². The summed E-state index contributed by atoms with van der Waals surface area (Å²) in [4.78, 5) is 0. The molecule has 2 aliphatic rings. The third kappa shape index (κ3) is 1.23. The van der Waals surface area contributed by atoms with Crippen molar-refractivity contribution < 1.29 is 4.74 Å². The molecule has 3 rings (SSSR count). The van der Waals surface area contributed by atoms with Gasteiger partial charge < -0.3 is 4.74 Å².